The number of thiophene rings is 2. The summed E-state index contributed by atoms with van der Waals surface area (Å²) in [7, 11) is -1.18. The van der Waals surface area contributed by atoms with Gasteiger partial charge in [0, 0.05) is 24.5 Å². The van der Waals surface area contributed by atoms with Gasteiger partial charge < -0.3 is 34.5 Å². The number of fused-ring (bicyclic) bond motifs is 3. The van der Waals surface area contributed by atoms with Gasteiger partial charge in [-0.1, -0.05) is 37.1 Å². The summed E-state index contributed by atoms with van der Waals surface area (Å²) in [5.41, 5.74) is -0.166. The van der Waals surface area contributed by atoms with Gasteiger partial charge in [0.15, 0.2) is 11.5 Å². The summed E-state index contributed by atoms with van der Waals surface area (Å²) >= 11 is 2.40. The van der Waals surface area contributed by atoms with Crippen molar-refractivity contribution in [2.75, 3.05) is 20.8 Å². The Hall–Kier alpha value is -5.27. The number of methoxy groups -OCH3 is 2. The number of ether oxygens (including phenoxy) is 4. The van der Waals surface area contributed by atoms with E-state index in [-0.39, 0.29) is 35.6 Å². The molecule has 3 aromatic heterocycles. The van der Waals surface area contributed by atoms with Gasteiger partial charge in [-0.05, 0) is 74.3 Å². The van der Waals surface area contributed by atoms with Gasteiger partial charge >= 0.3 is 6.09 Å². The molecule has 3 fully saturated rings. The third-order valence-electron chi connectivity index (χ3n) is 11.7. The second kappa shape index (κ2) is 18.0. The van der Waals surface area contributed by atoms with Crippen molar-refractivity contribution >= 4 is 67.5 Å². The molecule has 2 aliphatic heterocycles. The highest BCUT2D eigenvalue weighted by Crippen LogP contribution is 2.46. The summed E-state index contributed by atoms with van der Waals surface area (Å²) in [6, 6.07) is 7.94. The number of hydrogen-bond acceptors (Lipinski definition) is 14. The summed E-state index contributed by atoms with van der Waals surface area (Å²) in [4.78, 5) is 68.6. The highest BCUT2D eigenvalue weighted by molar-refractivity contribution is 7.92. The van der Waals surface area contributed by atoms with E-state index in [1.807, 2.05) is 29.7 Å². The second-order valence-electron chi connectivity index (χ2n) is 15.7. The van der Waals surface area contributed by atoms with Crippen molar-refractivity contribution in [3.05, 3.63) is 59.3 Å². The van der Waals surface area contributed by atoms with Crippen LogP contribution < -0.4 is 29.6 Å². The average Bonchev–Trinajstić information content (AvgIpc) is 3.94. The van der Waals surface area contributed by atoms with E-state index in [9.17, 15) is 27.6 Å². The van der Waals surface area contributed by atoms with Crippen molar-refractivity contribution in [3.8, 4) is 28.0 Å². The van der Waals surface area contributed by atoms with Crippen LogP contribution in [0.15, 0.2) is 63.5 Å². The lowest BCUT2D eigenvalue weighted by atomic mass is 10.0. The molecule has 4 aromatic rings. The molecule has 2 aliphatic carbocycles. The highest BCUT2D eigenvalue weighted by Gasteiger charge is 2.62. The predicted molar refractivity (Wildman–Crippen MR) is 227 cm³/mol. The van der Waals surface area contributed by atoms with Crippen molar-refractivity contribution in [1.29, 1.82) is 0 Å². The number of nitrogens with one attached hydrogen (secondary N) is 3. The lowest BCUT2D eigenvalue weighted by molar-refractivity contribution is -0.141. The molecule has 4 amide bonds. The van der Waals surface area contributed by atoms with Crippen LogP contribution in [0.25, 0.3) is 21.6 Å². The molecule has 0 bridgehead atoms. The van der Waals surface area contributed by atoms with Gasteiger partial charge in [0.05, 0.1) is 36.7 Å². The van der Waals surface area contributed by atoms with Crippen LogP contribution in [-0.2, 0) is 29.1 Å². The fourth-order valence-electron chi connectivity index (χ4n) is 8.36. The Morgan fingerprint density at radius 3 is 2.34 bits per heavy atom. The number of benzene rings is 1. The third kappa shape index (κ3) is 9.18. The van der Waals surface area contributed by atoms with Gasteiger partial charge in [-0.25, -0.2) is 27.9 Å². The molecular weight excluding hydrogens is 845 g/mol. The van der Waals surface area contributed by atoms with Crippen LogP contribution in [0.1, 0.15) is 70.6 Å². The number of aromatic nitrogens is 2. The molecule has 61 heavy (non-hydrogen) atoms. The van der Waals surface area contributed by atoms with Crippen LogP contribution in [0.5, 0.6) is 17.4 Å². The van der Waals surface area contributed by atoms with E-state index in [1.165, 1.54) is 36.5 Å². The minimum Gasteiger partial charge on any atom is -0.493 e. The van der Waals surface area contributed by atoms with E-state index in [0.717, 1.165) is 54.7 Å². The summed E-state index contributed by atoms with van der Waals surface area (Å²) in [6.45, 7) is -0.0718. The zero-order valence-electron chi connectivity index (χ0n) is 33.8. The van der Waals surface area contributed by atoms with E-state index in [0.29, 0.717) is 47.5 Å². The fourth-order valence-corrected chi connectivity index (χ4v) is 11.1. The van der Waals surface area contributed by atoms with Crippen molar-refractivity contribution in [2.24, 2.45) is 5.92 Å². The van der Waals surface area contributed by atoms with E-state index >= 15 is 0 Å². The Balaban J connectivity index is 1.13. The molecule has 16 nitrogen and oxygen atoms in total. The first-order valence-corrected chi connectivity index (χ1v) is 23.7. The fraction of sp³-hybridized carbons (Fsp3) is 0.476. The first-order chi connectivity index (χ1) is 29.5. The minimum atomic E-state index is -4.22. The number of carbonyl (C=O) groups is 4. The van der Waals surface area contributed by atoms with Gasteiger partial charge in [0.2, 0.25) is 17.7 Å². The van der Waals surface area contributed by atoms with Gasteiger partial charge in [-0.15, -0.1) is 22.7 Å². The Bertz CT molecular complexity index is 2400. The van der Waals surface area contributed by atoms with Crippen molar-refractivity contribution in [3.63, 3.8) is 0 Å². The zero-order valence-corrected chi connectivity index (χ0v) is 36.2. The standard InChI is InChI=1S/C42H48N6O10S3/c1-55-32-21-29-30(22-33(32)56-2)44-38(36(43-29)34-16-10-18-59-34)57-27-20-31-37(49)46-42(40(51)47-61(53,54)35-17-11-19-60-35)23-25(42)12-6-4-3-5-7-15-28(39(50)48(31)24-27)45-41(52)58-26-13-8-9-14-26/h6,10-12,16-19,21-22,25-28,31H,3-5,7-9,13-15,20,23-24H2,1-2H3,(H,45,52)(H,46,49)(H,47,51)/b12-6-/t25?,27-,28-,31+,42-/m1/s1. The lowest BCUT2D eigenvalue weighted by Gasteiger charge is -2.30. The van der Waals surface area contributed by atoms with Crippen LogP contribution in [0, 0.1) is 5.92 Å². The monoisotopic (exact) mass is 892 g/mol. The molecule has 1 unspecified atom stereocenters. The van der Waals surface area contributed by atoms with E-state index < -0.39 is 63.5 Å². The van der Waals surface area contributed by atoms with Crippen LogP contribution in [0.2, 0.25) is 0 Å². The van der Waals surface area contributed by atoms with E-state index in [1.54, 1.807) is 23.6 Å². The van der Waals surface area contributed by atoms with Crippen molar-refractivity contribution in [2.45, 2.75) is 105 Å². The molecule has 0 radical (unpaired) electrons. The molecule has 8 rings (SSSR count). The lowest BCUT2D eigenvalue weighted by Crippen LogP contribution is -2.58. The van der Waals surface area contributed by atoms with Gasteiger partial charge in [0.25, 0.3) is 15.9 Å². The van der Waals surface area contributed by atoms with Crippen LogP contribution in [-0.4, -0.2) is 97.7 Å². The summed E-state index contributed by atoms with van der Waals surface area (Å²) < 4.78 is 52.0. The maximum Gasteiger partial charge on any atom is 0.408 e. The SMILES string of the molecule is COc1cc2nc(O[C@@H]3C[C@H]4C(=O)N[C@]5(C(=O)NS(=O)(=O)c6cccs6)CC5/C=C\CCCCC[C@@H](NC(=O)OC5CCCC5)C(=O)N4C3)c(-c3cccs3)nc2cc1OC. The maximum absolute atomic E-state index is 14.8. The molecule has 19 heteroatoms. The van der Waals surface area contributed by atoms with Gasteiger partial charge in [0.1, 0.15) is 39.7 Å². The van der Waals surface area contributed by atoms with Crippen molar-refractivity contribution in [1.82, 2.24) is 30.2 Å². The third-order valence-corrected chi connectivity index (χ3v) is 15.3. The number of carbonyl (C=O) groups excluding carboxylic acids is 4. The summed E-state index contributed by atoms with van der Waals surface area (Å²) in [5.74, 6) is -1.46. The molecule has 5 atom stereocenters. The summed E-state index contributed by atoms with van der Waals surface area (Å²) in [5, 5.41) is 9.20. The minimum absolute atomic E-state index is 0.0158. The van der Waals surface area contributed by atoms with E-state index in [2.05, 4.69) is 15.4 Å². The number of rotatable bonds is 10. The second-order valence-corrected chi connectivity index (χ2v) is 19.5. The summed E-state index contributed by atoms with van der Waals surface area (Å²) in [6.07, 6.45) is 8.73. The number of amides is 4. The Labute approximate surface area is 361 Å². The molecule has 3 N–H and O–H groups in total. The van der Waals surface area contributed by atoms with Crippen molar-refractivity contribution < 1.29 is 46.5 Å². The zero-order chi connectivity index (χ0) is 42.7. The Kier molecular flexibility index (Phi) is 12.5. The largest absolute Gasteiger partial charge is 0.493 e. The predicted octanol–water partition coefficient (Wildman–Crippen LogP) is 5.72. The molecule has 1 saturated heterocycles. The highest BCUT2D eigenvalue weighted by atomic mass is 32.2. The number of hydrogen-bond donors (Lipinski definition) is 3. The van der Waals surface area contributed by atoms with Crippen LogP contribution in [0.4, 0.5) is 4.79 Å². The van der Waals surface area contributed by atoms with Crippen LogP contribution in [0.3, 0.4) is 0 Å². The van der Waals surface area contributed by atoms with Crippen LogP contribution >= 0.6 is 22.7 Å². The Morgan fingerprint density at radius 2 is 1.64 bits per heavy atom. The van der Waals surface area contributed by atoms with E-state index in [4.69, 9.17) is 28.9 Å². The quantitative estimate of drug-likeness (QED) is 0.164. The maximum atomic E-state index is 14.8. The molecule has 4 aliphatic rings. The Morgan fingerprint density at radius 1 is 0.918 bits per heavy atom. The molecule has 2 saturated carbocycles. The topological polar surface area (TPSA) is 204 Å². The van der Waals surface area contributed by atoms with Gasteiger partial charge in [-0.2, -0.15) is 0 Å². The smallest absolute Gasteiger partial charge is 0.408 e. The van der Waals surface area contributed by atoms with Gasteiger partial charge in [-0.3, -0.25) is 14.4 Å². The first kappa shape index (κ1) is 42.4. The number of sulfonamides is 1. The molecular formula is C42H48N6O10S3. The molecule has 0 spiro atoms. The number of allylic oxidation sites excluding steroid dienone is 1. The normalized spacial score (nSPS) is 25.3. The number of nitrogens with zero attached hydrogens (tertiary/aromatic N) is 3. The molecule has 324 valence electrons. The first-order valence-electron chi connectivity index (χ1n) is 20.5. The number of alkyl carbamates (subject to hydrolysis) is 1. The molecule has 1 aromatic carbocycles. The average molecular weight is 893 g/mol. The molecule has 5 heterocycles.